The van der Waals surface area contributed by atoms with Crippen LogP contribution in [0.2, 0.25) is 0 Å². The third-order valence-electron chi connectivity index (χ3n) is 4.73. The second kappa shape index (κ2) is 5.75. The summed E-state index contributed by atoms with van der Waals surface area (Å²) in [6.07, 6.45) is 4.59. The third-order valence-corrected chi connectivity index (χ3v) is 4.73. The molecule has 2 N–H and O–H groups in total. The Kier molecular flexibility index (Phi) is 3.97. The number of piperidine rings is 1. The molecule has 6 heteroatoms. The molecule has 0 aromatic carbocycles. The number of aromatic nitrogens is 3. The van der Waals surface area contributed by atoms with Gasteiger partial charge in [0, 0.05) is 30.6 Å². The first-order valence-corrected chi connectivity index (χ1v) is 8.07. The first kappa shape index (κ1) is 14.5. The van der Waals surface area contributed by atoms with Gasteiger partial charge in [0.1, 0.15) is 5.82 Å². The zero-order valence-corrected chi connectivity index (χ0v) is 13.1. The van der Waals surface area contributed by atoms with Crippen molar-refractivity contribution in [2.45, 2.75) is 70.5 Å². The molecule has 0 spiro atoms. The summed E-state index contributed by atoms with van der Waals surface area (Å²) in [6, 6.07) is 1.48. The molecule has 1 amide bonds. The van der Waals surface area contributed by atoms with Gasteiger partial charge in [-0.2, -0.15) is 0 Å². The Morgan fingerprint density at radius 1 is 1.33 bits per heavy atom. The Labute approximate surface area is 125 Å². The summed E-state index contributed by atoms with van der Waals surface area (Å²) in [6.45, 7) is 6.83. The molecule has 2 saturated heterocycles. The number of nitrogens with one attached hydrogen (secondary N) is 2. The van der Waals surface area contributed by atoms with Gasteiger partial charge in [0.05, 0.1) is 0 Å². The highest BCUT2D eigenvalue weighted by Gasteiger charge is 2.38. The zero-order chi connectivity index (χ0) is 15.0. The first-order chi connectivity index (χ1) is 10.1. The van der Waals surface area contributed by atoms with E-state index in [0.717, 1.165) is 18.7 Å². The van der Waals surface area contributed by atoms with E-state index in [0.29, 0.717) is 30.5 Å². The Balaban J connectivity index is 1.74. The smallest absolute Gasteiger partial charge is 0.293 e. The van der Waals surface area contributed by atoms with Crippen molar-refractivity contribution in [2.75, 3.05) is 6.54 Å². The molecule has 2 atom stereocenters. The summed E-state index contributed by atoms with van der Waals surface area (Å²) in [5.41, 5.74) is 0. The van der Waals surface area contributed by atoms with Gasteiger partial charge in [-0.3, -0.25) is 9.89 Å². The largest absolute Gasteiger partial charge is 0.333 e. The van der Waals surface area contributed by atoms with E-state index in [1.54, 1.807) is 0 Å². The van der Waals surface area contributed by atoms with Gasteiger partial charge in [-0.25, -0.2) is 4.98 Å². The Morgan fingerprint density at radius 2 is 2.00 bits per heavy atom. The van der Waals surface area contributed by atoms with Crippen LogP contribution in [0, 0.1) is 0 Å². The molecule has 0 aliphatic carbocycles. The van der Waals surface area contributed by atoms with Gasteiger partial charge in [-0.1, -0.05) is 13.8 Å². The fourth-order valence-corrected chi connectivity index (χ4v) is 3.61. The molecule has 2 bridgehead atoms. The van der Waals surface area contributed by atoms with Gasteiger partial charge in [0.2, 0.25) is 5.82 Å². The number of H-pyrrole nitrogens is 1. The minimum absolute atomic E-state index is 0.0352. The Hall–Kier alpha value is -1.43. The molecule has 1 aromatic rings. The summed E-state index contributed by atoms with van der Waals surface area (Å²) >= 11 is 0. The van der Waals surface area contributed by atoms with Crippen LogP contribution in [-0.2, 0) is 0 Å². The lowest BCUT2D eigenvalue weighted by Crippen LogP contribution is -2.50. The number of fused-ring (bicyclic) bond motifs is 2. The second-order valence-electron chi connectivity index (χ2n) is 6.55. The number of nitrogens with zero attached hydrogens (tertiary/aromatic N) is 3. The highest BCUT2D eigenvalue weighted by atomic mass is 16.2. The molecule has 2 aliphatic heterocycles. The minimum Gasteiger partial charge on any atom is -0.333 e. The van der Waals surface area contributed by atoms with Gasteiger partial charge >= 0.3 is 0 Å². The number of rotatable bonds is 4. The average molecular weight is 291 g/mol. The lowest BCUT2D eigenvalue weighted by atomic mass is 9.98. The normalized spacial score (nSPS) is 28.1. The van der Waals surface area contributed by atoms with Crippen LogP contribution in [0.15, 0.2) is 0 Å². The average Bonchev–Trinajstić information content (AvgIpc) is 3.07. The van der Waals surface area contributed by atoms with E-state index < -0.39 is 0 Å². The van der Waals surface area contributed by atoms with E-state index in [4.69, 9.17) is 0 Å². The highest BCUT2D eigenvalue weighted by Crippen LogP contribution is 2.30. The zero-order valence-electron chi connectivity index (χ0n) is 13.1. The van der Waals surface area contributed by atoms with Gasteiger partial charge in [-0.15, -0.1) is 5.10 Å². The minimum atomic E-state index is -0.0352. The number of hydrogen-bond acceptors (Lipinski definition) is 4. The topological polar surface area (TPSA) is 73.9 Å². The van der Waals surface area contributed by atoms with Crippen molar-refractivity contribution in [3.63, 3.8) is 0 Å². The predicted molar refractivity (Wildman–Crippen MR) is 80.1 cm³/mol. The molecule has 1 aromatic heterocycles. The molecule has 2 fully saturated rings. The van der Waals surface area contributed by atoms with Crippen molar-refractivity contribution in [1.29, 1.82) is 0 Å². The van der Waals surface area contributed by atoms with Crippen LogP contribution in [0.4, 0.5) is 0 Å². The van der Waals surface area contributed by atoms with Crippen molar-refractivity contribution in [1.82, 2.24) is 25.4 Å². The molecular formula is C15H25N5O. The Bertz CT molecular complexity index is 500. The molecule has 3 heterocycles. The number of amides is 1. The summed E-state index contributed by atoms with van der Waals surface area (Å²) in [5, 5.41) is 10.6. The van der Waals surface area contributed by atoms with Crippen LogP contribution in [0.3, 0.4) is 0 Å². The van der Waals surface area contributed by atoms with Crippen LogP contribution in [-0.4, -0.2) is 50.7 Å². The molecule has 0 saturated carbocycles. The number of carbonyl (C=O) groups is 1. The molecule has 6 nitrogen and oxygen atoms in total. The van der Waals surface area contributed by atoms with Crippen molar-refractivity contribution in [3.05, 3.63) is 11.6 Å². The highest BCUT2D eigenvalue weighted by molar-refractivity contribution is 5.90. The summed E-state index contributed by atoms with van der Waals surface area (Å²) < 4.78 is 0. The molecule has 2 aliphatic rings. The second-order valence-corrected chi connectivity index (χ2v) is 6.55. The lowest BCUT2D eigenvalue weighted by Gasteiger charge is -2.36. The quantitative estimate of drug-likeness (QED) is 0.885. The van der Waals surface area contributed by atoms with E-state index in [9.17, 15) is 4.79 Å². The van der Waals surface area contributed by atoms with Gasteiger partial charge in [0.25, 0.3) is 5.91 Å². The maximum atomic E-state index is 12.7. The number of hydrogen-bond donors (Lipinski definition) is 2. The van der Waals surface area contributed by atoms with Crippen LogP contribution >= 0.6 is 0 Å². The van der Waals surface area contributed by atoms with Gasteiger partial charge in [0.15, 0.2) is 0 Å². The number of aromatic amines is 1. The molecule has 0 radical (unpaired) electrons. The SMILES string of the molecule is CCN(C(=O)c1n[nH]c(C(C)C)n1)C1CC2CCC(C1)N2. The monoisotopic (exact) mass is 291 g/mol. The molecule has 116 valence electrons. The van der Waals surface area contributed by atoms with Crippen LogP contribution < -0.4 is 5.32 Å². The molecule has 21 heavy (non-hydrogen) atoms. The molecule has 2 unspecified atom stereocenters. The maximum Gasteiger partial charge on any atom is 0.293 e. The van der Waals surface area contributed by atoms with Gasteiger partial charge < -0.3 is 10.2 Å². The van der Waals surface area contributed by atoms with E-state index in [2.05, 4.69) is 20.5 Å². The van der Waals surface area contributed by atoms with E-state index >= 15 is 0 Å². The van der Waals surface area contributed by atoms with Crippen LogP contribution in [0.25, 0.3) is 0 Å². The van der Waals surface area contributed by atoms with Gasteiger partial charge in [-0.05, 0) is 32.6 Å². The Morgan fingerprint density at radius 3 is 2.52 bits per heavy atom. The number of carbonyl (C=O) groups excluding carboxylic acids is 1. The predicted octanol–water partition coefficient (Wildman–Crippen LogP) is 1.67. The van der Waals surface area contributed by atoms with E-state index in [1.807, 2.05) is 25.7 Å². The standard InChI is InChI=1S/C15H25N5O/c1-4-20(12-7-10-5-6-11(8-12)16-10)15(21)14-17-13(9(2)3)18-19-14/h9-12,16H,4-8H2,1-3H3,(H,17,18,19). The first-order valence-electron chi connectivity index (χ1n) is 8.07. The lowest BCUT2D eigenvalue weighted by molar-refractivity contribution is 0.0619. The van der Waals surface area contributed by atoms with Crippen LogP contribution in [0.5, 0.6) is 0 Å². The fraction of sp³-hybridized carbons (Fsp3) is 0.800. The molecule has 3 rings (SSSR count). The van der Waals surface area contributed by atoms with Crippen molar-refractivity contribution in [3.8, 4) is 0 Å². The summed E-state index contributed by atoms with van der Waals surface area (Å²) in [5.74, 6) is 1.31. The van der Waals surface area contributed by atoms with Crippen LogP contribution in [0.1, 0.15) is 68.8 Å². The summed E-state index contributed by atoms with van der Waals surface area (Å²) in [7, 11) is 0. The van der Waals surface area contributed by atoms with Crippen molar-refractivity contribution < 1.29 is 4.79 Å². The maximum absolute atomic E-state index is 12.7. The third kappa shape index (κ3) is 2.81. The summed E-state index contributed by atoms with van der Waals surface area (Å²) in [4.78, 5) is 19.0. The van der Waals surface area contributed by atoms with Crippen molar-refractivity contribution in [2.24, 2.45) is 0 Å². The van der Waals surface area contributed by atoms with Crippen molar-refractivity contribution >= 4 is 5.91 Å². The molecular weight excluding hydrogens is 266 g/mol. The van der Waals surface area contributed by atoms with E-state index in [-0.39, 0.29) is 11.8 Å². The fourth-order valence-electron chi connectivity index (χ4n) is 3.61. The van der Waals surface area contributed by atoms with E-state index in [1.165, 1.54) is 12.8 Å².